The third kappa shape index (κ3) is 7.20. The van der Waals surface area contributed by atoms with E-state index in [1.807, 2.05) is 20.1 Å². The first kappa shape index (κ1) is 26.0. The fourth-order valence-corrected chi connectivity index (χ4v) is 3.27. The van der Waals surface area contributed by atoms with Gasteiger partial charge in [0, 0.05) is 0 Å². The van der Waals surface area contributed by atoms with Gasteiger partial charge in [-0.2, -0.15) is 25.3 Å². The monoisotopic (exact) mass is 552 g/mol. The summed E-state index contributed by atoms with van der Waals surface area (Å²) < 4.78 is 22.0. The van der Waals surface area contributed by atoms with Crippen molar-refractivity contribution in [3.8, 4) is 18.0 Å². The number of hydrogen-bond acceptors (Lipinski definition) is 15. The highest BCUT2D eigenvalue weighted by Gasteiger charge is 2.14. The SMILES string of the molecule is CSCn1cc(COc2nc(OCc3cn(C(C)S)nn3)nc(OCc3cn([C@@H](C)S)nn3)n2)nn1. The molecule has 0 aromatic carbocycles. The highest BCUT2D eigenvalue weighted by Crippen LogP contribution is 2.18. The zero-order chi connectivity index (χ0) is 25.5. The van der Waals surface area contributed by atoms with Gasteiger partial charge in [0.25, 0.3) is 0 Å². The van der Waals surface area contributed by atoms with Crippen LogP contribution in [-0.2, 0) is 25.7 Å². The molecule has 4 aromatic rings. The van der Waals surface area contributed by atoms with Gasteiger partial charge in [-0.1, -0.05) is 15.6 Å². The molecule has 0 bridgehead atoms. The fourth-order valence-electron chi connectivity index (χ4n) is 2.65. The minimum atomic E-state index is -0.124. The van der Waals surface area contributed by atoms with Crippen LogP contribution >= 0.6 is 37.0 Å². The normalized spacial score (nSPS) is 12.9. The summed E-state index contributed by atoms with van der Waals surface area (Å²) in [5.41, 5.74) is 1.76. The minimum Gasteiger partial charge on any atom is -0.457 e. The number of rotatable bonds is 13. The van der Waals surface area contributed by atoms with Crippen LogP contribution in [0.4, 0.5) is 0 Å². The molecule has 0 N–H and O–H groups in total. The summed E-state index contributed by atoms with van der Waals surface area (Å²) in [5.74, 6) is 0.683. The van der Waals surface area contributed by atoms with E-state index in [1.54, 1.807) is 44.4 Å². The largest absolute Gasteiger partial charge is 0.457 e. The lowest BCUT2D eigenvalue weighted by Gasteiger charge is -2.08. The minimum absolute atomic E-state index is 0.00492. The van der Waals surface area contributed by atoms with Crippen LogP contribution in [0.2, 0.25) is 0 Å². The molecular weight excluding hydrogens is 528 g/mol. The smallest absolute Gasteiger partial charge is 0.326 e. The van der Waals surface area contributed by atoms with E-state index >= 15 is 0 Å². The molecule has 0 aliphatic rings. The van der Waals surface area contributed by atoms with Crippen molar-refractivity contribution in [2.45, 2.75) is 50.3 Å². The lowest BCUT2D eigenvalue weighted by Crippen LogP contribution is -2.08. The number of hydrogen-bond donors (Lipinski definition) is 2. The Morgan fingerprint density at radius 1 is 0.722 bits per heavy atom. The van der Waals surface area contributed by atoms with E-state index in [4.69, 9.17) is 14.2 Å². The third-order valence-corrected chi connectivity index (χ3v) is 5.35. The predicted molar refractivity (Wildman–Crippen MR) is 134 cm³/mol. The van der Waals surface area contributed by atoms with E-state index in [9.17, 15) is 0 Å². The highest BCUT2D eigenvalue weighted by atomic mass is 32.2. The Hall–Kier alpha value is -3.12. The summed E-state index contributed by atoms with van der Waals surface area (Å²) >= 11 is 10.3. The number of nitrogens with zero attached hydrogens (tertiary/aromatic N) is 12. The van der Waals surface area contributed by atoms with E-state index in [0.29, 0.717) is 23.0 Å². The number of thiol groups is 2. The van der Waals surface area contributed by atoms with Crippen LogP contribution in [0.1, 0.15) is 41.7 Å². The Morgan fingerprint density at radius 2 is 1.14 bits per heavy atom. The molecule has 0 spiro atoms. The standard InChI is InChI=1S/C18H24N12O3S3/c1-11(34)29-5-14(23-26-29)8-32-17-19-16(31-7-13-4-28(10-36-3)25-22-13)20-18(21-17)33-9-15-6-30(12(2)35)27-24-15/h4-6,11-12,34-35H,7-10H2,1-3H3/t11-,12?/m1/s1. The first-order valence-corrected chi connectivity index (χ1v) is 13.0. The molecule has 0 aliphatic carbocycles. The molecule has 36 heavy (non-hydrogen) atoms. The van der Waals surface area contributed by atoms with E-state index in [0.717, 1.165) is 0 Å². The topological polar surface area (TPSA) is 158 Å². The van der Waals surface area contributed by atoms with E-state index in [-0.39, 0.29) is 48.6 Å². The van der Waals surface area contributed by atoms with Crippen molar-refractivity contribution >= 4 is 37.0 Å². The molecule has 0 saturated carbocycles. The zero-order valence-corrected chi connectivity index (χ0v) is 22.2. The van der Waals surface area contributed by atoms with E-state index in [2.05, 4.69) is 71.1 Å². The number of thioether (sulfide) groups is 1. The Labute approximate surface area is 221 Å². The van der Waals surface area contributed by atoms with Crippen LogP contribution in [0.15, 0.2) is 18.6 Å². The molecule has 4 rings (SSSR count). The molecule has 0 amide bonds. The van der Waals surface area contributed by atoms with Crippen LogP contribution in [0.25, 0.3) is 0 Å². The molecule has 0 saturated heterocycles. The van der Waals surface area contributed by atoms with Gasteiger partial charge in [0.15, 0.2) is 0 Å². The average Bonchev–Trinajstić information content (AvgIpc) is 3.61. The number of ether oxygens (including phenoxy) is 3. The first-order chi connectivity index (χ1) is 17.4. The fraction of sp³-hybridized carbons (Fsp3) is 0.500. The molecule has 0 aliphatic heterocycles. The third-order valence-electron chi connectivity index (χ3n) is 4.35. The van der Waals surface area contributed by atoms with Crippen molar-refractivity contribution < 1.29 is 14.2 Å². The van der Waals surface area contributed by atoms with Gasteiger partial charge in [-0.15, -0.1) is 42.0 Å². The van der Waals surface area contributed by atoms with Gasteiger partial charge in [-0.05, 0) is 20.1 Å². The number of aromatic nitrogens is 12. The second-order valence-electron chi connectivity index (χ2n) is 7.36. The lowest BCUT2D eigenvalue weighted by molar-refractivity contribution is 0.219. The van der Waals surface area contributed by atoms with Gasteiger partial charge in [0.2, 0.25) is 0 Å². The molecule has 2 atom stereocenters. The summed E-state index contributed by atoms with van der Waals surface area (Å²) in [6.07, 6.45) is 7.20. The Morgan fingerprint density at radius 3 is 1.53 bits per heavy atom. The molecule has 192 valence electrons. The van der Waals surface area contributed by atoms with Crippen LogP contribution < -0.4 is 14.2 Å². The van der Waals surface area contributed by atoms with Gasteiger partial charge in [-0.25, -0.2) is 14.0 Å². The molecule has 1 unspecified atom stereocenters. The maximum atomic E-state index is 5.71. The highest BCUT2D eigenvalue weighted by molar-refractivity contribution is 7.97. The summed E-state index contributed by atoms with van der Waals surface area (Å²) in [6.45, 7) is 3.98. The summed E-state index contributed by atoms with van der Waals surface area (Å²) in [4.78, 5) is 12.6. The molecule has 15 nitrogen and oxygen atoms in total. The van der Waals surface area contributed by atoms with E-state index in [1.165, 1.54) is 0 Å². The maximum absolute atomic E-state index is 5.71. The van der Waals surface area contributed by atoms with Crippen molar-refractivity contribution in [1.29, 1.82) is 0 Å². The zero-order valence-electron chi connectivity index (χ0n) is 19.6. The Balaban J connectivity index is 1.46. The quantitative estimate of drug-likeness (QED) is 0.231. The van der Waals surface area contributed by atoms with Crippen LogP contribution in [0, 0.1) is 0 Å². The second-order valence-corrected chi connectivity index (χ2v) is 9.69. The predicted octanol–water partition coefficient (Wildman–Crippen LogP) is 1.60. The van der Waals surface area contributed by atoms with Crippen molar-refractivity contribution in [2.75, 3.05) is 6.26 Å². The van der Waals surface area contributed by atoms with Gasteiger partial charge >= 0.3 is 18.0 Å². The van der Waals surface area contributed by atoms with Crippen LogP contribution in [-0.4, -0.2) is 66.2 Å². The van der Waals surface area contributed by atoms with Crippen LogP contribution in [0.5, 0.6) is 18.0 Å². The molecular formula is C18H24N12O3S3. The maximum Gasteiger partial charge on any atom is 0.326 e. The Kier molecular flexibility index (Phi) is 8.81. The van der Waals surface area contributed by atoms with Crippen molar-refractivity contribution in [2.24, 2.45) is 0 Å². The van der Waals surface area contributed by atoms with Gasteiger partial charge in [0.05, 0.1) is 35.2 Å². The molecule has 4 aromatic heterocycles. The lowest BCUT2D eigenvalue weighted by atomic mass is 10.5. The molecule has 0 radical (unpaired) electrons. The molecule has 18 heteroatoms. The first-order valence-electron chi connectivity index (χ1n) is 10.6. The van der Waals surface area contributed by atoms with Gasteiger partial charge in [0.1, 0.15) is 36.9 Å². The van der Waals surface area contributed by atoms with Crippen molar-refractivity contribution in [1.82, 2.24) is 59.9 Å². The summed E-state index contributed by atoms with van der Waals surface area (Å²) in [7, 11) is 0. The summed E-state index contributed by atoms with van der Waals surface area (Å²) in [5, 5.41) is 23.9. The second kappa shape index (κ2) is 12.2. The van der Waals surface area contributed by atoms with Gasteiger partial charge in [-0.3, -0.25) is 0 Å². The average molecular weight is 553 g/mol. The van der Waals surface area contributed by atoms with Crippen LogP contribution in [0.3, 0.4) is 0 Å². The molecule has 4 heterocycles. The summed E-state index contributed by atoms with van der Waals surface area (Å²) in [6, 6.07) is -0.0287. The van der Waals surface area contributed by atoms with E-state index < -0.39 is 0 Å². The van der Waals surface area contributed by atoms with Gasteiger partial charge < -0.3 is 14.2 Å². The van der Waals surface area contributed by atoms with Crippen molar-refractivity contribution in [3.05, 3.63) is 35.7 Å². The Bertz CT molecular complexity index is 1190. The molecule has 0 fully saturated rings. The van der Waals surface area contributed by atoms with Crippen molar-refractivity contribution in [3.63, 3.8) is 0 Å².